The van der Waals surface area contributed by atoms with E-state index in [9.17, 15) is 9.59 Å². The second-order valence-electron chi connectivity index (χ2n) is 4.18. The van der Waals surface area contributed by atoms with E-state index in [4.69, 9.17) is 9.84 Å². The van der Waals surface area contributed by atoms with Crippen molar-refractivity contribution >= 4 is 23.3 Å². The number of rotatable bonds is 4. The van der Waals surface area contributed by atoms with E-state index in [1.807, 2.05) is 17.5 Å². The number of hydrogen-bond donors (Lipinski definition) is 2. The molecule has 104 valence electrons. The summed E-state index contributed by atoms with van der Waals surface area (Å²) < 4.78 is 5.09. The predicted molar refractivity (Wildman–Crippen MR) is 70.4 cm³/mol. The van der Waals surface area contributed by atoms with Crippen LogP contribution in [0.15, 0.2) is 17.5 Å². The largest absolute Gasteiger partial charge is 0.480 e. The monoisotopic (exact) mass is 284 g/mol. The zero-order valence-corrected chi connectivity index (χ0v) is 11.2. The summed E-state index contributed by atoms with van der Waals surface area (Å²) in [6.07, 6.45) is 0.755. The highest BCUT2D eigenvalue weighted by Gasteiger charge is 2.32. The molecule has 1 unspecified atom stereocenters. The highest BCUT2D eigenvalue weighted by atomic mass is 32.1. The van der Waals surface area contributed by atoms with Gasteiger partial charge < -0.3 is 20.1 Å². The van der Waals surface area contributed by atoms with Crippen molar-refractivity contribution in [2.45, 2.75) is 12.5 Å². The predicted octanol–water partition coefficient (Wildman–Crippen LogP) is 0.786. The van der Waals surface area contributed by atoms with Crippen LogP contribution in [0.4, 0.5) is 4.79 Å². The fourth-order valence-electron chi connectivity index (χ4n) is 1.90. The van der Waals surface area contributed by atoms with Crippen LogP contribution in [0.2, 0.25) is 0 Å². The zero-order valence-electron chi connectivity index (χ0n) is 10.4. The van der Waals surface area contributed by atoms with Gasteiger partial charge in [0.15, 0.2) is 6.04 Å². The van der Waals surface area contributed by atoms with E-state index >= 15 is 0 Å². The normalized spacial score (nSPS) is 19.2. The lowest BCUT2D eigenvalue weighted by atomic mass is 10.2. The SMILES string of the molecule is O=C(O)C1COCCN1C(=O)NCCc1cccs1. The molecule has 0 saturated carbocycles. The molecule has 0 radical (unpaired) electrons. The molecule has 2 amide bonds. The van der Waals surface area contributed by atoms with Gasteiger partial charge in [-0.1, -0.05) is 6.07 Å². The summed E-state index contributed by atoms with van der Waals surface area (Å²) in [5.41, 5.74) is 0. The molecular weight excluding hydrogens is 268 g/mol. The molecule has 2 heterocycles. The van der Waals surface area contributed by atoms with E-state index in [0.29, 0.717) is 19.7 Å². The van der Waals surface area contributed by atoms with E-state index in [2.05, 4.69) is 5.32 Å². The molecule has 0 spiro atoms. The maximum absolute atomic E-state index is 11.9. The lowest BCUT2D eigenvalue weighted by Gasteiger charge is -2.32. The molecule has 1 fully saturated rings. The lowest BCUT2D eigenvalue weighted by molar-refractivity contribution is -0.147. The number of ether oxygens (including phenoxy) is 1. The summed E-state index contributed by atoms with van der Waals surface area (Å²) in [4.78, 5) is 25.5. The van der Waals surface area contributed by atoms with Crippen molar-refractivity contribution in [3.63, 3.8) is 0 Å². The minimum absolute atomic E-state index is 0.0493. The Labute approximate surface area is 115 Å². The van der Waals surface area contributed by atoms with Gasteiger partial charge in [-0.15, -0.1) is 11.3 Å². The zero-order chi connectivity index (χ0) is 13.7. The molecule has 1 saturated heterocycles. The summed E-state index contributed by atoms with van der Waals surface area (Å²) >= 11 is 1.64. The van der Waals surface area contributed by atoms with Gasteiger partial charge in [0.05, 0.1) is 13.2 Å². The van der Waals surface area contributed by atoms with Crippen LogP contribution >= 0.6 is 11.3 Å². The van der Waals surface area contributed by atoms with Crippen LogP contribution in [0, 0.1) is 0 Å². The molecule has 7 heteroatoms. The Hall–Kier alpha value is -1.60. The number of amides is 2. The van der Waals surface area contributed by atoms with Gasteiger partial charge in [-0.05, 0) is 17.9 Å². The Morgan fingerprint density at radius 2 is 2.42 bits per heavy atom. The minimum atomic E-state index is -1.03. The van der Waals surface area contributed by atoms with Crippen LogP contribution in [0.25, 0.3) is 0 Å². The van der Waals surface area contributed by atoms with Crippen LogP contribution in [-0.2, 0) is 16.0 Å². The average Bonchev–Trinajstić information content (AvgIpc) is 2.91. The first-order valence-electron chi connectivity index (χ1n) is 6.06. The van der Waals surface area contributed by atoms with Gasteiger partial charge in [-0.2, -0.15) is 0 Å². The summed E-state index contributed by atoms with van der Waals surface area (Å²) in [6.45, 7) is 1.24. The van der Waals surface area contributed by atoms with Gasteiger partial charge in [0.1, 0.15) is 0 Å². The number of carboxylic acid groups (broad SMARTS) is 1. The number of carbonyl (C=O) groups excluding carboxylic acids is 1. The molecule has 2 rings (SSSR count). The van der Waals surface area contributed by atoms with Gasteiger partial charge in [0.2, 0.25) is 0 Å². The third-order valence-electron chi connectivity index (χ3n) is 2.90. The van der Waals surface area contributed by atoms with Gasteiger partial charge in [0, 0.05) is 18.0 Å². The number of nitrogens with zero attached hydrogens (tertiary/aromatic N) is 1. The molecular formula is C12H16N2O4S. The first-order chi connectivity index (χ1) is 9.18. The molecule has 0 aromatic carbocycles. The summed E-state index contributed by atoms with van der Waals surface area (Å²) in [5, 5.41) is 13.8. The first kappa shape index (κ1) is 13.8. The minimum Gasteiger partial charge on any atom is -0.480 e. The van der Waals surface area contributed by atoms with E-state index < -0.39 is 12.0 Å². The summed E-state index contributed by atoms with van der Waals surface area (Å²) in [7, 11) is 0. The maximum atomic E-state index is 11.9. The molecule has 0 bridgehead atoms. The van der Waals surface area contributed by atoms with Crippen LogP contribution < -0.4 is 5.32 Å². The van der Waals surface area contributed by atoms with Gasteiger partial charge in [0.25, 0.3) is 0 Å². The van der Waals surface area contributed by atoms with E-state index in [1.165, 1.54) is 9.78 Å². The second kappa shape index (κ2) is 6.53. The maximum Gasteiger partial charge on any atom is 0.328 e. The first-order valence-corrected chi connectivity index (χ1v) is 6.94. The number of nitrogens with one attached hydrogen (secondary N) is 1. The third-order valence-corrected chi connectivity index (χ3v) is 3.84. The highest BCUT2D eigenvalue weighted by molar-refractivity contribution is 7.09. The van der Waals surface area contributed by atoms with Crippen molar-refractivity contribution in [1.29, 1.82) is 0 Å². The molecule has 6 nitrogen and oxygen atoms in total. The van der Waals surface area contributed by atoms with Crippen LogP contribution in [0.5, 0.6) is 0 Å². The van der Waals surface area contributed by atoms with Crippen LogP contribution in [0.1, 0.15) is 4.88 Å². The van der Waals surface area contributed by atoms with E-state index in [1.54, 1.807) is 11.3 Å². The molecule has 1 aliphatic heterocycles. The van der Waals surface area contributed by atoms with E-state index in [-0.39, 0.29) is 12.6 Å². The second-order valence-corrected chi connectivity index (χ2v) is 5.22. The number of carbonyl (C=O) groups is 2. The highest BCUT2D eigenvalue weighted by Crippen LogP contribution is 2.09. The quantitative estimate of drug-likeness (QED) is 0.856. The smallest absolute Gasteiger partial charge is 0.328 e. The van der Waals surface area contributed by atoms with Crippen molar-refractivity contribution in [2.75, 3.05) is 26.3 Å². The summed E-state index contributed by atoms with van der Waals surface area (Å²) in [5.74, 6) is -1.03. The van der Waals surface area contributed by atoms with Crippen molar-refractivity contribution < 1.29 is 19.4 Å². The standard InChI is InChI=1S/C12H16N2O4S/c15-11(16)10-8-18-6-5-14(10)12(17)13-4-3-9-2-1-7-19-9/h1-2,7,10H,3-6,8H2,(H,13,17)(H,15,16). The fourth-order valence-corrected chi connectivity index (χ4v) is 2.61. The van der Waals surface area contributed by atoms with Crippen molar-refractivity contribution in [3.05, 3.63) is 22.4 Å². The summed E-state index contributed by atoms with van der Waals surface area (Å²) in [6, 6.07) is 2.73. The Bertz CT molecular complexity index is 435. The fraction of sp³-hybridized carbons (Fsp3) is 0.500. The topological polar surface area (TPSA) is 78.9 Å². The number of thiophene rings is 1. The average molecular weight is 284 g/mol. The molecule has 0 aliphatic carbocycles. The molecule has 19 heavy (non-hydrogen) atoms. The van der Waals surface area contributed by atoms with Gasteiger partial charge in [-0.25, -0.2) is 9.59 Å². The van der Waals surface area contributed by atoms with Crippen LogP contribution in [0.3, 0.4) is 0 Å². The number of urea groups is 1. The number of morpholine rings is 1. The van der Waals surface area contributed by atoms with Crippen molar-refractivity contribution in [2.24, 2.45) is 0 Å². The number of aliphatic carboxylic acids is 1. The van der Waals surface area contributed by atoms with E-state index in [0.717, 1.165) is 6.42 Å². The third kappa shape index (κ3) is 3.68. The van der Waals surface area contributed by atoms with Crippen molar-refractivity contribution in [3.8, 4) is 0 Å². The van der Waals surface area contributed by atoms with Gasteiger partial charge in [-0.3, -0.25) is 0 Å². The molecule has 1 aromatic rings. The Balaban J connectivity index is 1.82. The Kier molecular flexibility index (Phi) is 4.75. The Morgan fingerprint density at radius 1 is 1.58 bits per heavy atom. The molecule has 1 aliphatic rings. The molecule has 2 N–H and O–H groups in total. The van der Waals surface area contributed by atoms with Crippen LogP contribution in [-0.4, -0.2) is 54.4 Å². The molecule has 1 aromatic heterocycles. The number of carboxylic acids is 1. The molecule has 1 atom stereocenters. The van der Waals surface area contributed by atoms with Crippen molar-refractivity contribution in [1.82, 2.24) is 10.2 Å². The Morgan fingerprint density at radius 3 is 3.11 bits per heavy atom. The number of hydrogen-bond acceptors (Lipinski definition) is 4. The van der Waals surface area contributed by atoms with Gasteiger partial charge >= 0.3 is 12.0 Å². The lowest BCUT2D eigenvalue weighted by Crippen LogP contribution is -2.55.